The van der Waals surface area contributed by atoms with Crippen LogP contribution in [0.1, 0.15) is 5.69 Å². The van der Waals surface area contributed by atoms with Gasteiger partial charge < -0.3 is 4.74 Å². The molecule has 1 aromatic heterocycles. The molecule has 3 nitrogen and oxygen atoms in total. The maximum Gasteiger partial charge on any atom is 0.388 e. The fourth-order valence-corrected chi connectivity index (χ4v) is 0.677. The molecule has 0 saturated carbocycles. The van der Waals surface area contributed by atoms with Gasteiger partial charge in [-0.2, -0.15) is 8.78 Å². The summed E-state index contributed by atoms with van der Waals surface area (Å²) >= 11 is 0. The highest BCUT2D eigenvalue weighted by Crippen LogP contribution is 2.12. The van der Waals surface area contributed by atoms with Crippen molar-refractivity contribution in [2.45, 2.75) is 13.5 Å². The Morgan fingerprint density at radius 1 is 1.64 bits per heavy atom. The Morgan fingerprint density at radius 2 is 2.27 bits per heavy atom. The molecule has 0 N–H and O–H groups in total. The molecule has 5 heteroatoms. The standard InChI is InChI=1S/C6H8F2N2O/c1-4-3-5(9-10(4)2)11-6(7)8/h3,6H,1-2H3. The molecule has 62 valence electrons. The summed E-state index contributed by atoms with van der Waals surface area (Å²) < 4.78 is 28.7. The zero-order chi connectivity index (χ0) is 8.43. The molecule has 0 spiro atoms. The molecule has 0 aromatic carbocycles. The number of hydrogen-bond acceptors (Lipinski definition) is 2. The van der Waals surface area contributed by atoms with Gasteiger partial charge in [-0.05, 0) is 6.92 Å². The van der Waals surface area contributed by atoms with Crippen LogP contribution >= 0.6 is 0 Å². The first kappa shape index (κ1) is 7.97. The second-order valence-electron chi connectivity index (χ2n) is 2.13. The lowest BCUT2D eigenvalue weighted by molar-refractivity contribution is -0.0531. The van der Waals surface area contributed by atoms with E-state index in [9.17, 15) is 8.78 Å². The SMILES string of the molecule is Cc1cc(OC(F)F)nn1C. The molecular weight excluding hydrogens is 154 g/mol. The van der Waals surface area contributed by atoms with E-state index in [-0.39, 0.29) is 5.88 Å². The van der Waals surface area contributed by atoms with Crippen molar-refractivity contribution in [3.63, 3.8) is 0 Å². The van der Waals surface area contributed by atoms with Gasteiger partial charge in [0.25, 0.3) is 0 Å². The van der Waals surface area contributed by atoms with E-state index < -0.39 is 6.61 Å². The minimum absolute atomic E-state index is 0.0417. The minimum Gasteiger partial charge on any atom is -0.415 e. The molecule has 11 heavy (non-hydrogen) atoms. The van der Waals surface area contributed by atoms with Gasteiger partial charge in [-0.15, -0.1) is 5.10 Å². The Labute approximate surface area is 62.6 Å². The summed E-state index contributed by atoms with van der Waals surface area (Å²) in [4.78, 5) is 0. The highest BCUT2D eigenvalue weighted by atomic mass is 19.3. The third-order valence-electron chi connectivity index (χ3n) is 1.30. The molecule has 0 radical (unpaired) electrons. The average molecular weight is 162 g/mol. The van der Waals surface area contributed by atoms with Gasteiger partial charge in [-0.25, -0.2) is 0 Å². The summed E-state index contributed by atoms with van der Waals surface area (Å²) in [6.45, 7) is -1.05. The Morgan fingerprint density at radius 3 is 2.64 bits per heavy atom. The molecule has 0 aliphatic rings. The molecule has 0 amide bonds. The van der Waals surface area contributed by atoms with Crippen LogP contribution in [0.3, 0.4) is 0 Å². The molecule has 1 aromatic rings. The van der Waals surface area contributed by atoms with Crippen molar-refractivity contribution in [2.75, 3.05) is 0 Å². The lowest BCUT2D eigenvalue weighted by atomic mass is 10.5. The maximum atomic E-state index is 11.6. The summed E-state index contributed by atoms with van der Waals surface area (Å²) in [5, 5.41) is 3.66. The normalized spacial score (nSPS) is 10.6. The summed E-state index contributed by atoms with van der Waals surface area (Å²) in [7, 11) is 1.66. The van der Waals surface area contributed by atoms with Crippen LogP contribution < -0.4 is 4.74 Å². The fourth-order valence-electron chi connectivity index (χ4n) is 0.677. The molecule has 0 saturated heterocycles. The van der Waals surface area contributed by atoms with Crippen LogP contribution in [0.5, 0.6) is 5.88 Å². The van der Waals surface area contributed by atoms with E-state index in [1.165, 1.54) is 10.7 Å². The van der Waals surface area contributed by atoms with Crippen LogP contribution in [-0.2, 0) is 7.05 Å². The highest BCUT2D eigenvalue weighted by Gasteiger charge is 2.07. The average Bonchev–Trinajstić information content (AvgIpc) is 2.10. The van der Waals surface area contributed by atoms with E-state index in [1.54, 1.807) is 14.0 Å². The lowest BCUT2D eigenvalue weighted by Crippen LogP contribution is -2.02. The number of hydrogen-bond donors (Lipinski definition) is 0. The molecule has 0 aliphatic heterocycles. The van der Waals surface area contributed by atoms with Gasteiger partial charge in [0.05, 0.1) is 0 Å². The van der Waals surface area contributed by atoms with Gasteiger partial charge >= 0.3 is 6.61 Å². The zero-order valence-corrected chi connectivity index (χ0v) is 6.21. The molecule has 0 unspecified atom stereocenters. The van der Waals surface area contributed by atoms with Gasteiger partial charge in [0.2, 0.25) is 5.88 Å². The highest BCUT2D eigenvalue weighted by molar-refractivity contribution is 5.13. The number of aromatic nitrogens is 2. The first-order chi connectivity index (χ1) is 5.09. The van der Waals surface area contributed by atoms with Crippen molar-refractivity contribution in [1.82, 2.24) is 9.78 Å². The Hall–Kier alpha value is -1.13. The van der Waals surface area contributed by atoms with Crippen LogP contribution in [0.4, 0.5) is 8.78 Å². The summed E-state index contributed by atoms with van der Waals surface area (Å²) in [5.74, 6) is -0.0417. The topological polar surface area (TPSA) is 27.1 Å². The van der Waals surface area contributed by atoms with E-state index >= 15 is 0 Å². The van der Waals surface area contributed by atoms with Gasteiger partial charge in [-0.3, -0.25) is 4.68 Å². The van der Waals surface area contributed by atoms with Crippen LogP contribution in [0, 0.1) is 6.92 Å². The smallest absolute Gasteiger partial charge is 0.388 e. The Balaban J connectivity index is 2.73. The second-order valence-corrected chi connectivity index (χ2v) is 2.13. The van der Waals surface area contributed by atoms with E-state index in [0.717, 1.165) is 5.69 Å². The van der Waals surface area contributed by atoms with Crippen molar-refractivity contribution in [3.05, 3.63) is 11.8 Å². The van der Waals surface area contributed by atoms with Crippen LogP contribution in [0.25, 0.3) is 0 Å². The van der Waals surface area contributed by atoms with Crippen molar-refractivity contribution < 1.29 is 13.5 Å². The third kappa shape index (κ3) is 1.89. The van der Waals surface area contributed by atoms with Gasteiger partial charge in [-0.1, -0.05) is 0 Å². The van der Waals surface area contributed by atoms with Crippen LogP contribution in [0.15, 0.2) is 6.07 Å². The molecular formula is C6H8F2N2O. The van der Waals surface area contributed by atoms with Crippen molar-refractivity contribution in [2.24, 2.45) is 7.05 Å². The fraction of sp³-hybridized carbons (Fsp3) is 0.500. The number of halogens is 2. The summed E-state index contributed by atoms with van der Waals surface area (Å²) in [6.07, 6.45) is 0. The van der Waals surface area contributed by atoms with Crippen LogP contribution in [-0.4, -0.2) is 16.4 Å². The van der Waals surface area contributed by atoms with Gasteiger partial charge in [0, 0.05) is 18.8 Å². The number of aryl methyl sites for hydroxylation is 2. The largest absolute Gasteiger partial charge is 0.415 e. The third-order valence-corrected chi connectivity index (χ3v) is 1.30. The van der Waals surface area contributed by atoms with Gasteiger partial charge in [0.1, 0.15) is 0 Å². The monoisotopic (exact) mass is 162 g/mol. The number of ether oxygens (including phenoxy) is 1. The Kier molecular flexibility index (Phi) is 2.07. The first-order valence-corrected chi connectivity index (χ1v) is 3.05. The molecule has 1 heterocycles. The molecule has 0 atom stereocenters. The quantitative estimate of drug-likeness (QED) is 0.655. The molecule has 0 fully saturated rings. The molecule has 0 aliphatic carbocycles. The summed E-state index contributed by atoms with van der Waals surface area (Å²) in [6, 6.07) is 1.45. The molecule has 1 rings (SSSR count). The van der Waals surface area contributed by atoms with E-state index in [4.69, 9.17) is 0 Å². The van der Waals surface area contributed by atoms with E-state index in [1.807, 2.05) is 0 Å². The van der Waals surface area contributed by atoms with E-state index in [0.29, 0.717) is 0 Å². The van der Waals surface area contributed by atoms with Crippen molar-refractivity contribution >= 4 is 0 Å². The van der Waals surface area contributed by atoms with Gasteiger partial charge in [0.15, 0.2) is 0 Å². The van der Waals surface area contributed by atoms with Crippen LogP contribution in [0.2, 0.25) is 0 Å². The zero-order valence-electron chi connectivity index (χ0n) is 6.21. The number of nitrogens with zero attached hydrogens (tertiary/aromatic N) is 2. The predicted octanol–water partition coefficient (Wildman–Crippen LogP) is 1.33. The lowest BCUT2D eigenvalue weighted by Gasteiger charge is -1.96. The Bertz CT molecular complexity index is 227. The number of alkyl halides is 2. The summed E-state index contributed by atoms with van der Waals surface area (Å²) in [5.41, 5.74) is 0.778. The predicted molar refractivity (Wildman–Crippen MR) is 34.6 cm³/mol. The second kappa shape index (κ2) is 2.86. The molecule has 0 bridgehead atoms. The van der Waals surface area contributed by atoms with Crippen molar-refractivity contribution in [1.29, 1.82) is 0 Å². The van der Waals surface area contributed by atoms with Crippen molar-refractivity contribution in [3.8, 4) is 5.88 Å². The number of rotatable bonds is 2. The minimum atomic E-state index is -2.80. The maximum absolute atomic E-state index is 11.6. The first-order valence-electron chi connectivity index (χ1n) is 3.05. The van der Waals surface area contributed by atoms with E-state index in [2.05, 4.69) is 9.84 Å².